The smallest absolute Gasteiger partial charge is 0.227 e. The zero-order chi connectivity index (χ0) is 13.1. The number of aliphatic hydroxyl groups excluding tert-OH is 1. The van der Waals surface area contributed by atoms with E-state index in [1.807, 2.05) is 0 Å². The first-order valence-corrected chi connectivity index (χ1v) is 6.31. The van der Waals surface area contributed by atoms with Crippen LogP contribution in [0.3, 0.4) is 0 Å². The summed E-state index contributed by atoms with van der Waals surface area (Å²) < 4.78 is 18.9. The Balaban J connectivity index is 2.18. The van der Waals surface area contributed by atoms with Crippen LogP contribution in [0.4, 0.5) is 4.39 Å². The Morgan fingerprint density at radius 3 is 2.89 bits per heavy atom. The summed E-state index contributed by atoms with van der Waals surface area (Å²) >= 11 is 3.21. The van der Waals surface area contributed by atoms with Gasteiger partial charge < -0.3 is 9.63 Å². The van der Waals surface area contributed by atoms with Crippen LogP contribution in [0.2, 0.25) is 0 Å². The van der Waals surface area contributed by atoms with Gasteiger partial charge in [0, 0.05) is 16.5 Å². The van der Waals surface area contributed by atoms with Crippen molar-refractivity contribution in [2.75, 3.05) is 0 Å². The molecule has 0 saturated heterocycles. The van der Waals surface area contributed by atoms with Crippen LogP contribution in [0.5, 0.6) is 0 Å². The number of rotatable bonds is 4. The largest absolute Gasteiger partial charge is 0.393 e. The standard InChI is InChI=1S/C12H12BrFN2O2/c1-7(17)2-3-11-15-12(16-18-11)8-4-9(13)6-10(14)5-8/h4-7,17H,2-3H2,1H3. The van der Waals surface area contributed by atoms with Gasteiger partial charge >= 0.3 is 0 Å². The van der Waals surface area contributed by atoms with Gasteiger partial charge in [0.05, 0.1) is 6.10 Å². The van der Waals surface area contributed by atoms with Crippen LogP contribution >= 0.6 is 15.9 Å². The second-order valence-electron chi connectivity index (χ2n) is 4.06. The van der Waals surface area contributed by atoms with Crippen LogP contribution in [0, 0.1) is 5.82 Å². The van der Waals surface area contributed by atoms with Crippen molar-refractivity contribution < 1.29 is 14.0 Å². The molecule has 1 aromatic heterocycles. The molecule has 0 fully saturated rings. The lowest BCUT2D eigenvalue weighted by Crippen LogP contribution is -2.01. The Kier molecular flexibility index (Phi) is 4.08. The topological polar surface area (TPSA) is 59.2 Å². The van der Waals surface area contributed by atoms with Crippen LogP contribution < -0.4 is 0 Å². The van der Waals surface area contributed by atoms with E-state index in [1.165, 1.54) is 12.1 Å². The molecule has 6 heteroatoms. The van der Waals surface area contributed by atoms with Gasteiger partial charge in [-0.1, -0.05) is 21.1 Å². The zero-order valence-corrected chi connectivity index (χ0v) is 11.3. The van der Waals surface area contributed by atoms with Gasteiger partial charge in [0.2, 0.25) is 11.7 Å². The molecule has 1 atom stereocenters. The van der Waals surface area contributed by atoms with Crippen molar-refractivity contribution in [3.05, 3.63) is 34.4 Å². The predicted molar refractivity (Wildman–Crippen MR) is 67.4 cm³/mol. The van der Waals surface area contributed by atoms with Crippen molar-refractivity contribution in [1.29, 1.82) is 0 Å². The monoisotopic (exact) mass is 314 g/mol. The van der Waals surface area contributed by atoms with E-state index < -0.39 is 6.10 Å². The minimum absolute atomic E-state index is 0.343. The van der Waals surface area contributed by atoms with Gasteiger partial charge in [0.1, 0.15) is 5.82 Å². The maximum absolute atomic E-state index is 13.2. The average Bonchev–Trinajstić information content (AvgIpc) is 2.73. The molecule has 1 heterocycles. The molecule has 0 spiro atoms. The normalized spacial score (nSPS) is 12.7. The highest BCUT2D eigenvalue weighted by molar-refractivity contribution is 9.10. The molecule has 0 aliphatic carbocycles. The van der Waals surface area contributed by atoms with E-state index in [9.17, 15) is 4.39 Å². The van der Waals surface area contributed by atoms with E-state index in [0.717, 1.165) is 0 Å². The molecule has 1 aromatic carbocycles. The predicted octanol–water partition coefficient (Wildman–Crippen LogP) is 2.95. The summed E-state index contributed by atoms with van der Waals surface area (Å²) in [4.78, 5) is 4.16. The van der Waals surface area contributed by atoms with Crippen molar-refractivity contribution in [3.63, 3.8) is 0 Å². The maximum Gasteiger partial charge on any atom is 0.227 e. The fourth-order valence-corrected chi connectivity index (χ4v) is 1.95. The summed E-state index contributed by atoms with van der Waals surface area (Å²) in [5.74, 6) is 0.414. The average molecular weight is 315 g/mol. The minimum atomic E-state index is -0.413. The van der Waals surface area contributed by atoms with E-state index in [-0.39, 0.29) is 5.82 Å². The molecular formula is C12H12BrFN2O2. The molecule has 0 aliphatic heterocycles. The molecule has 96 valence electrons. The van der Waals surface area contributed by atoms with Gasteiger partial charge in [0.25, 0.3) is 0 Å². The highest BCUT2D eigenvalue weighted by Crippen LogP contribution is 2.22. The summed E-state index contributed by atoms with van der Waals surface area (Å²) in [6, 6.07) is 4.42. The number of hydrogen-bond donors (Lipinski definition) is 1. The lowest BCUT2D eigenvalue weighted by Gasteiger charge is -1.98. The molecule has 2 rings (SSSR count). The molecule has 2 aromatic rings. The molecule has 1 unspecified atom stereocenters. The Morgan fingerprint density at radius 1 is 1.44 bits per heavy atom. The highest BCUT2D eigenvalue weighted by Gasteiger charge is 2.11. The molecule has 0 bridgehead atoms. The Bertz CT molecular complexity index is 522. The number of aromatic nitrogens is 2. The van der Waals surface area contributed by atoms with Crippen LogP contribution in [0.25, 0.3) is 11.4 Å². The summed E-state index contributed by atoms with van der Waals surface area (Å²) in [7, 11) is 0. The molecular weight excluding hydrogens is 303 g/mol. The number of hydrogen-bond acceptors (Lipinski definition) is 4. The van der Waals surface area contributed by atoms with Crippen LogP contribution in [-0.4, -0.2) is 21.4 Å². The van der Waals surface area contributed by atoms with Crippen molar-refractivity contribution in [3.8, 4) is 11.4 Å². The third kappa shape index (κ3) is 3.36. The van der Waals surface area contributed by atoms with Gasteiger partial charge in [-0.2, -0.15) is 4.98 Å². The van der Waals surface area contributed by atoms with Crippen LogP contribution in [0.15, 0.2) is 27.2 Å². The number of benzene rings is 1. The first-order chi connectivity index (χ1) is 8.54. The molecule has 1 N–H and O–H groups in total. The molecule has 0 amide bonds. The third-order valence-corrected chi connectivity index (χ3v) is 2.82. The first-order valence-electron chi connectivity index (χ1n) is 5.51. The molecule has 4 nitrogen and oxygen atoms in total. The van der Waals surface area contributed by atoms with E-state index >= 15 is 0 Å². The summed E-state index contributed by atoms with van der Waals surface area (Å²) in [6.45, 7) is 1.70. The number of nitrogens with zero attached hydrogens (tertiary/aromatic N) is 2. The van der Waals surface area contributed by atoms with Crippen molar-refractivity contribution in [1.82, 2.24) is 10.1 Å². The number of aliphatic hydroxyl groups is 1. The van der Waals surface area contributed by atoms with Gasteiger partial charge in [-0.05, 0) is 31.5 Å². The SMILES string of the molecule is CC(O)CCc1nc(-c2cc(F)cc(Br)c2)no1. The molecule has 0 aliphatic rings. The Morgan fingerprint density at radius 2 is 2.22 bits per heavy atom. The lowest BCUT2D eigenvalue weighted by molar-refractivity contribution is 0.180. The zero-order valence-electron chi connectivity index (χ0n) is 9.73. The van der Waals surface area contributed by atoms with Gasteiger partial charge in [0.15, 0.2) is 0 Å². The quantitative estimate of drug-likeness (QED) is 0.942. The van der Waals surface area contributed by atoms with E-state index in [4.69, 9.17) is 9.63 Å². The van der Waals surface area contributed by atoms with E-state index in [2.05, 4.69) is 26.1 Å². The fraction of sp³-hybridized carbons (Fsp3) is 0.333. The maximum atomic E-state index is 13.2. The van der Waals surface area contributed by atoms with E-state index in [0.29, 0.717) is 34.6 Å². The number of halogens is 2. The third-order valence-electron chi connectivity index (χ3n) is 2.36. The van der Waals surface area contributed by atoms with Gasteiger partial charge in [-0.15, -0.1) is 0 Å². The molecule has 18 heavy (non-hydrogen) atoms. The first kappa shape index (κ1) is 13.2. The Labute approximate surface area is 112 Å². The summed E-state index contributed by atoms with van der Waals surface area (Å²) in [6.07, 6.45) is 0.638. The second kappa shape index (κ2) is 5.58. The van der Waals surface area contributed by atoms with Crippen molar-refractivity contribution in [2.45, 2.75) is 25.9 Å². The van der Waals surface area contributed by atoms with Gasteiger partial charge in [-0.25, -0.2) is 4.39 Å². The fourth-order valence-electron chi connectivity index (χ4n) is 1.49. The summed E-state index contributed by atoms with van der Waals surface area (Å²) in [5, 5.41) is 13.0. The molecule has 0 saturated carbocycles. The van der Waals surface area contributed by atoms with Gasteiger partial charge in [-0.3, -0.25) is 0 Å². The van der Waals surface area contributed by atoms with Crippen LogP contribution in [-0.2, 0) is 6.42 Å². The van der Waals surface area contributed by atoms with Crippen LogP contribution in [0.1, 0.15) is 19.2 Å². The lowest BCUT2D eigenvalue weighted by atomic mass is 10.2. The highest BCUT2D eigenvalue weighted by atomic mass is 79.9. The summed E-state index contributed by atoms with van der Waals surface area (Å²) in [5.41, 5.74) is 0.550. The van der Waals surface area contributed by atoms with Crippen molar-refractivity contribution >= 4 is 15.9 Å². The minimum Gasteiger partial charge on any atom is -0.393 e. The Hall–Kier alpha value is -1.27. The number of aryl methyl sites for hydroxylation is 1. The van der Waals surface area contributed by atoms with Crippen molar-refractivity contribution in [2.24, 2.45) is 0 Å². The second-order valence-corrected chi connectivity index (χ2v) is 4.97. The molecule has 0 radical (unpaired) electrons. The van der Waals surface area contributed by atoms with E-state index in [1.54, 1.807) is 13.0 Å².